The first kappa shape index (κ1) is 13.3. The van der Waals surface area contributed by atoms with E-state index in [1.165, 1.54) is 4.90 Å². The fourth-order valence-corrected chi connectivity index (χ4v) is 2.10. The maximum Gasteiger partial charge on any atom is 0.295 e. The summed E-state index contributed by atoms with van der Waals surface area (Å²) in [6.45, 7) is 0.165. The highest BCUT2D eigenvalue weighted by atomic mass is 35.5. The Bertz CT molecular complexity index is 612. The van der Waals surface area contributed by atoms with Gasteiger partial charge in [-0.25, -0.2) is 4.39 Å². The molecule has 1 aromatic carbocycles. The number of terminal acetylenes is 1. The number of nitrogens with zero attached hydrogens (tertiary/aromatic N) is 2. The van der Waals surface area contributed by atoms with E-state index in [0.717, 1.165) is 6.07 Å². The molecule has 0 bridgehead atoms. The molecule has 0 saturated carbocycles. The van der Waals surface area contributed by atoms with Gasteiger partial charge in [-0.3, -0.25) is 14.9 Å². The summed E-state index contributed by atoms with van der Waals surface area (Å²) in [5.74, 6) is 0.876. The molecule has 1 aromatic rings. The van der Waals surface area contributed by atoms with Crippen molar-refractivity contribution in [3.63, 3.8) is 0 Å². The van der Waals surface area contributed by atoms with Gasteiger partial charge in [0, 0.05) is 18.9 Å². The Labute approximate surface area is 113 Å². The van der Waals surface area contributed by atoms with E-state index in [9.17, 15) is 19.3 Å². The molecule has 1 saturated heterocycles. The Balaban J connectivity index is 2.50. The third-order valence-electron chi connectivity index (χ3n) is 2.87. The largest absolute Gasteiger partial charge is 0.305 e. The number of halogens is 2. The highest BCUT2D eigenvalue weighted by Crippen LogP contribution is 2.36. The molecule has 1 aliphatic rings. The highest BCUT2D eigenvalue weighted by Gasteiger charge is 2.34. The predicted octanol–water partition coefficient (Wildman–Crippen LogP) is 2.37. The van der Waals surface area contributed by atoms with Crippen LogP contribution < -0.4 is 4.90 Å². The van der Waals surface area contributed by atoms with Crippen molar-refractivity contribution in [2.24, 2.45) is 5.92 Å². The average molecular weight is 283 g/mol. The second-order valence-corrected chi connectivity index (χ2v) is 4.49. The summed E-state index contributed by atoms with van der Waals surface area (Å²) in [5.41, 5.74) is -0.535. The maximum absolute atomic E-state index is 13.3. The van der Waals surface area contributed by atoms with Gasteiger partial charge >= 0.3 is 0 Å². The first-order valence-electron chi connectivity index (χ1n) is 5.34. The average Bonchev–Trinajstić information content (AvgIpc) is 2.73. The molecule has 1 aliphatic heterocycles. The summed E-state index contributed by atoms with van der Waals surface area (Å²) in [6, 6.07) is 1.78. The van der Waals surface area contributed by atoms with Crippen molar-refractivity contribution >= 4 is 28.9 Å². The number of hydrogen-bond acceptors (Lipinski definition) is 3. The maximum atomic E-state index is 13.3. The molecule has 0 radical (unpaired) electrons. The van der Waals surface area contributed by atoms with Crippen LogP contribution in [0.3, 0.4) is 0 Å². The van der Waals surface area contributed by atoms with Gasteiger partial charge in [0.2, 0.25) is 5.91 Å². The predicted molar refractivity (Wildman–Crippen MR) is 67.4 cm³/mol. The summed E-state index contributed by atoms with van der Waals surface area (Å²) < 4.78 is 13.3. The number of nitro benzene ring substituents is 1. The minimum atomic E-state index is -0.905. The molecule has 0 aromatic heterocycles. The van der Waals surface area contributed by atoms with Gasteiger partial charge in [0.25, 0.3) is 5.69 Å². The van der Waals surface area contributed by atoms with Gasteiger partial charge in [-0.1, -0.05) is 11.6 Å². The molecule has 1 atom stereocenters. The van der Waals surface area contributed by atoms with E-state index >= 15 is 0 Å². The second-order valence-electron chi connectivity index (χ2n) is 4.08. The van der Waals surface area contributed by atoms with Crippen LogP contribution in [0.2, 0.25) is 5.02 Å². The number of carbonyl (C=O) groups excluding carboxylic acids is 1. The molecule has 7 heteroatoms. The lowest BCUT2D eigenvalue weighted by Crippen LogP contribution is -2.25. The molecule has 5 nitrogen and oxygen atoms in total. The number of hydrogen-bond donors (Lipinski definition) is 0. The van der Waals surface area contributed by atoms with E-state index in [1.54, 1.807) is 0 Å². The zero-order valence-electron chi connectivity index (χ0n) is 9.60. The summed E-state index contributed by atoms with van der Waals surface area (Å²) in [7, 11) is 0. The number of rotatable bonds is 2. The molecule has 1 fully saturated rings. The Kier molecular flexibility index (Phi) is 3.40. The molecule has 1 unspecified atom stereocenters. The smallest absolute Gasteiger partial charge is 0.295 e. The molecule has 19 heavy (non-hydrogen) atoms. The lowest BCUT2D eigenvalue weighted by molar-refractivity contribution is -0.384. The normalized spacial score (nSPS) is 18.5. The van der Waals surface area contributed by atoms with Crippen LogP contribution in [-0.2, 0) is 4.79 Å². The minimum absolute atomic E-state index is 0.0286. The molecule has 2 rings (SSSR count). The Hall–Kier alpha value is -2.13. The number of nitro groups is 1. The highest BCUT2D eigenvalue weighted by molar-refractivity contribution is 6.31. The summed E-state index contributed by atoms with van der Waals surface area (Å²) >= 11 is 5.61. The van der Waals surface area contributed by atoms with Crippen molar-refractivity contribution in [3.05, 3.63) is 33.1 Å². The van der Waals surface area contributed by atoms with E-state index in [1.807, 2.05) is 0 Å². The van der Waals surface area contributed by atoms with Gasteiger partial charge in [-0.05, 0) is 6.07 Å². The number of amides is 1. The van der Waals surface area contributed by atoms with Crippen LogP contribution in [0, 0.1) is 34.2 Å². The van der Waals surface area contributed by atoms with E-state index in [4.69, 9.17) is 18.0 Å². The molecule has 1 amide bonds. The summed E-state index contributed by atoms with van der Waals surface area (Å²) in [4.78, 5) is 23.1. The van der Waals surface area contributed by atoms with Crippen LogP contribution in [0.15, 0.2) is 12.1 Å². The first-order chi connectivity index (χ1) is 8.93. The van der Waals surface area contributed by atoms with Gasteiger partial charge in [0.05, 0.1) is 16.0 Å². The van der Waals surface area contributed by atoms with Gasteiger partial charge in [0.15, 0.2) is 0 Å². The summed E-state index contributed by atoms with van der Waals surface area (Å²) in [6.07, 6.45) is 5.35. The third kappa shape index (κ3) is 2.37. The van der Waals surface area contributed by atoms with Gasteiger partial charge in [-0.15, -0.1) is 12.3 Å². The van der Waals surface area contributed by atoms with Gasteiger partial charge in [-0.2, -0.15) is 0 Å². The molecule has 0 aliphatic carbocycles. The van der Waals surface area contributed by atoms with Crippen molar-refractivity contribution in [1.82, 2.24) is 0 Å². The zero-order chi connectivity index (χ0) is 14.2. The lowest BCUT2D eigenvalue weighted by Gasteiger charge is -2.16. The van der Waals surface area contributed by atoms with Crippen LogP contribution in [-0.4, -0.2) is 17.4 Å². The van der Waals surface area contributed by atoms with Gasteiger partial charge < -0.3 is 4.90 Å². The zero-order valence-corrected chi connectivity index (χ0v) is 10.4. The molecule has 98 valence electrons. The number of anilines is 1. The molecular weight excluding hydrogens is 275 g/mol. The number of carbonyl (C=O) groups is 1. The third-order valence-corrected chi connectivity index (χ3v) is 3.16. The van der Waals surface area contributed by atoms with Crippen molar-refractivity contribution in [2.75, 3.05) is 11.4 Å². The van der Waals surface area contributed by atoms with Crippen molar-refractivity contribution in [1.29, 1.82) is 0 Å². The fraction of sp³-hybridized carbons (Fsp3) is 0.250. The molecular formula is C12H8ClFN2O3. The SMILES string of the molecule is C#CC1CC(=O)N(c2cc(Cl)c(F)cc2[N+](=O)[O-])C1. The van der Waals surface area contributed by atoms with E-state index in [-0.39, 0.29) is 35.5 Å². The lowest BCUT2D eigenvalue weighted by atomic mass is 10.1. The fourth-order valence-electron chi connectivity index (χ4n) is 1.94. The molecule has 0 spiro atoms. The van der Waals surface area contributed by atoms with Crippen molar-refractivity contribution < 1.29 is 14.1 Å². The monoisotopic (exact) mass is 282 g/mol. The van der Waals surface area contributed by atoms with Crippen molar-refractivity contribution in [3.8, 4) is 12.3 Å². The first-order valence-corrected chi connectivity index (χ1v) is 5.71. The second kappa shape index (κ2) is 4.86. The van der Waals surface area contributed by atoms with Crippen LogP contribution >= 0.6 is 11.6 Å². The van der Waals surface area contributed by atoms with Crippen LogP contribution in [0.5, 0.6) is 0 Å². The van der Waals surface area contributed by atoms with E-state index < -0.39 is 16.4 Å². The number of benzene rings is 1. The molecule has 0 N–H and O–H groups in total. The van der Waals surface area contributed by atoms with Crippen LogP contribution in [0.25, 0.3) is 0 Å². The van der Waals surface area contributed by atoms with Gasteiger partial charge in [0.1, 0.15) is 11.5 Å². The van der Waals surface area contributed by atoms with Crippen LogP contribution in [0.4, 0.5) is 15.8 Å². The Morgan fingerprint density at radius 3 is 2.79 bits per heavy atom. The standard InChI is InChI=1S/C12H8ClFN2O3/c1-2-7-3-12(17)15(6-7)10-4-8(13)9(14)5-11(10)16(18)19/h1,4-5,7H,3,6H2. The molecule has 1 heterocycles. The Morgan fingerprint density at radius 2 is 2.26 bits per heavy atom. The summed E-state index contributed by atoms with van der Waals surface area (Å²) in [5, 5.41) is 10.6. The Morgan fingerprint density at radius 1 is 1.58 bits per heavy atom. The minimum Gasteiger partial charge on any atom is -0.305 e. The van der Waals surface area contributed by atoms with E-state index in [2.05, 4.69) is 5.92 Å². The van der Waals surface area contributed by atoms with Crippen LogP contribution in [0.1, 0.15) is 6.42 Å². The van der Waals surface area contributed by atoms with E-state index in [0.29, 0.717) is 6.07 Å². The topological polar surface area (TPSA) is 63.5 Å². The quantitative estimate of drug-likeness (QED) is 0.475. The van der Waals surface area contributed by atoms with Crippen molar-refractivity contribution in [2.45, 2.75) is 6.42 Å².